The fourth-order valence-electron chi connectivity index (χ4n) is 2.15. The number of nitrogens with one attached hydrogen (secondary N) is 1. The summed E-state index contributed by atoms with van der Waals surface area (Å²) < 4.78 is 26.4. The number of anilines is 1. The summed E-state index contributed by atoms with van der Waals surface area (Å²) in [7, 11) is 0. The molecule has 0 radical (unpaired) electrons. The summed E-state index contributed by atoms with van der Waals surface area (Å²) in [6, 6.07) is 2.91. The van der Waals surface area contributed by atoms with Crippen LogP contribution in [0, 0.1) is 27.2 Å². The van der Waals surface area contributed by atoms with Gasteiger partial charge in [-0.05, 0) is 13.0 Å². The van der Waals surface area contributed by atoms with E-state index in [1.807, 2.05) is 0 Å². The number of amides is 1. The van der Waals surface area contributed by atoms with E-state index in [2.05, 4.69) is 10.4 Å². The Labute approximate surface area is 143 Å². The summed E-state index contributed by atoms with van der Waals surface area (Å²) >= 11 is 0. The van der Waals surface area contributed by atoms with Crippen LogP contribution in [0.2, 0.25) is 0 Å². The van der Waals surface area contributed by atoms with Crippen molar-refractivity contribution in [3.05, 3.63) is 49.8 Å². The van der Waals surface area contributed by atoms with E-state index < -0.39 is 51.5 Å². The second-order valence-corrected chi connectivity index (χ2v) is 5.04. The van der Waals surface area contributed by atoms with Gasteiger partial charge >= 0.3 is 5.69 Å². The number of aromatic nitrogens is 2. The first kappa shape index (κ1) is 18.7. The van der Waals surface area contributed by atoms with E-state index in [1.54, 1.807) is 0 Å². The van der Waals surface area contributed by atoms with Crippen LogP contribution in [0.5, 0.6) is 5.75 Å². The number of phenols is 1. The van der Waals surface area contributed by atoms with Crippen LogP contribution in [0.4, 0.5) is 25.8 Å². The van der Waals surface area contributed by atoms with E-state index in [0.29, 0.717) is 4.68 Å². The van der Waals surface area contributed by atoms with Gasteiger partial charge in [-0.15, -0.1) is 0 Å². The summed E-state index contributed by atoms with van der Waals surface area (Å²) in [6.45, 7) is 0.469. The van der Waals surface area contributed by atoms with E-state index in [4.69, 9.17) is 0 Å². The Morgan fingerprint density at radius 3 is 2.50 bits per heavy atom. The first-order chi connectivity index (χ1) is 12.1. The van der Waals surface area contributed by atoms with Crippen molar-refractivity contribution in [3.63, 3.8) is 0 Å². The van der Waals surface area contributed by atoms with Crippen LogP contribution in [-0.2, 0) is 11.3 Å². The van der Waals surface area contributed by atoms with Gasteiger partial charge in [0.05, 0.1) is 15.5 Å². The summed E-state index contributed by atoms with van der Waals surface area (Å²) in [5.41, 5.74) is -2.91. The molecule has 1 amide bonds. The molecule has 13 heteroatoms. The maximum absolute atomic E-state index is 12.9. The number of non-ortho nitro benzene ring substituents is 1. The van der Waals surface area contributed by atoms with Gasteiger partial charge in [0.1, 0.15) is 18.0 Å². The Morgan fingerprint density at radius 1 is 1.35 bits per heavy atom. The van der Waals surface area contributed by atoms with Crippen LogP contribution in [0.15, 0.2) is 18.2 Å². The van der Waals surface area contributed by atoms with Gasteiger partial charge in [0, 0.05) is 12.1 Å². The fraction of sp³-hybridized carbons (Fsp3) is 0.231. The lowest BCUT2D eigenvalue weighted by atomic mass is 10.2. The van der Waals surface area contributed by atoms with Gasteiger partial charge in [-0.3, -0.25) is 29.7 Å². The minimum absolute atomic E-state index is 0.260. The largest absolute Gasteiger partial charge is 0.506 e. The predicted molar refractivity (Wildman–Crippen MR) is 82.0 cm³/mol. The Kier molecular flexibility index (Phi) is 5.09. The molecule has 2 aromatic rings. The van der Waals surface area contributed by atoms with E-state index in [-0.39, 0.29) is 11.4 Å². The number of nitro benzene ring substituents is 1. The van der Waals surface area contributed by atoms with Gasteiger partial charge < -0.3 is 10.4 Å². The fourth-order valence-corrected chi connectivity index (χ4v) is 2.15. The predicted octanol–water partition coefficient (Wildman–Crippen LogP) is 2.29. The van der Waals surface area contributed by atoms with Crippen molar-refractivity contribution in [3.8, 4) is 5.75 Å². The minimum atomic E-state index is -3.21. The van der Waals surface area contributed by atoms with Crippen LogP contribution in [-0.4, -0.2) is 30.6 Å². The number of benzene rings is 1. The summed E-state index contributed by atoms with van der Waals surface area (Å²) in [4.78, 5) is 31.9. The number of halogens is 2. The highest BCUT2D eigenvalue weighted by Crippen LogP contribution is 2.31. The van der Waals surface area contributed by atoms with Gasteiger partial charge in [-0.2, -0.15) is 5.10 Å². The topological polar surface area (TPSA) is 153 Å². The van der Waals surface area contributed by atoms with Crippen LogP contribution >= 0.6 is 0 Å². The summed E-state index contributed by atoms with van der Waals surface area (Å²) in [5.74, 6) is -1.34. The number of phenolic OH excluding ortho intramolecular Hbond substituents is 1. The molecular weight excluding hydrogens is 360 g/mol. The zero-order valence-corrected chi connectivity index (χ0v) is 13.0. The Hall–Kier alpha value is -3.64. The quantitative estimate of drug-likeness (QED) is 0.448. The lowest BCUT2D eigenvalue weighted by molar-refractivity contribution is -0.386. The molecule has 0 fully saturated rings. The molecule has 0 saturated carbocycles. The van der Waals surface area contributed by atoms with E-state index in [0.717, 1.165) is 25.1 Å². The van der Waals surface area contributed by atoms with Crippen molar-refractivity contribution in [1.29, 1.82) is 0 Å². The lowest BCUT2D eigenvalue weighted by Gasteiger charge is -2.08. The first-order valence-electron chi connectivity index (χ1n) is 6.89. The van der Waals surface area contributed by atoms with Crippen LogP contribution in [0.3, 0.4) is 0 Å². The maximum atomic E-state index is 12.9. The highest BCUT2D eigenvalue weighted by atomic mass is 19.3. The maximum Gasteiger partial charge on any atom is 0.319 e. The van der Waals surface area contributed by atoms with Crippen LogP contribution in [0.1, 0.15) is 17.8 Å². The zero-order valence-electron chi connectivity index (χ0n) is 13.0. The number of carbonyl (C=O) groups is 1. The molecular formula is C13H11F2N5O6. The number of aromatic hydroxyl groups is 1. The molecule has 2 N–H and O–H groups in total. The smallest absolute Gasteiger partial charge is 0.319 e. The average Bonchev–Trinajstić information content (AvgIpc) is 2.86. The van der Waals surface area contributed by atoms with Gasteiger partial charge in [-0.1, -0.05) is 0 Å². The zero-order chi connectivity index (χ0) is 19.6. The van der Waals surface area contributed by atoms with E-state index in [9.17, 15) is 38.9 Å². The summed E-state index contributed by atoms with van der Waals surface area (Å²) in [6.07, 6.45) is -3.21. The summed E-state index contributed by atoms with van der Waals surface area (Å²) in [5, 5.41) is 36.8. The normalized spacial score (nSPS) is 10.8. The van der Waals surface area contributed by atoms with Gasteiger partial charge in [0.25, 0.3) is 12.1 Å². The minimum Gasteiger partial charge on any atom is -0.506 e. The van der Waals surface area contributed by atoms with Crippen molar-refractivity contribution in [2.75, 3.05) is 5.32 Å². The second-order valence-electron chi connectivity index (χ2n) is 5.04. The van der Waals surface area contributed by atoms with Crippen molar-refractivity contribution in [2.45, 2.75) is 19.9 Å². The number of hydrogen-bond donors (Lipinski definition) is 2. The molecule has 0 aliphatic rings. The van der Waals surface area contributed by atoms with Crippen molar-refractivity contribution in [1.82, 2.24) is 9.78 Å². The van der Waals surface area contributed by atoms with E-state index >= 15 is 0 Å². The third kappa shape index (κ3) is 3.71. The number of nitrogens with zero attached hydrogens (tertiary/aromatic N) is 4. The Bertz CT molecular complexity index is 897. The number of alkyl halides is 2. The van der Waals surface area contributed by atoms with Crippen LogP contribution < -0.4 is 5.32 Å². The second kappa shape index (κ2) is 7.08. The highest BCUT2D eigenvalue weighted by Gasteiger charge is 2.31. The molecule has 26 heavy (non-hydrogen) atoms. The number of carbonyl (C=O) groups excluding carboxylic acids is 1. The Morgan fingerprint density at radius 2 is 2.00 bits per heavy atom. The highest BCUT2D eigenvalue weighted by molar-refractivity contribution is 5.92. The molecule has 0 bridgehead atoms. The molecule has 11 nitrogen and oxygen atoms in total. The van der Waals surface area contributed by atoms with Crippen molar-refractivity contribution in [2.24, 2.45) is 0 Å². The van der Waals surface area contributed by atoms with Gasteiger partial charge in [0.15, 0.2) is 0 Å². The monoisotopic (exact) mass is 371 g/mol. The molecule has 0 aliphatic carbocycles. The van der Waals surface area contributed by atoms with Gasteiger partial charge in [-0.25, -0.2) is 8.78 Å². The van der Waals surface area contributed by atoms with Crippen LogP contribution in [0.25, 0.3) is 0 Å². The molecule has 0 atom stereocenters. The third-order valence-corrected chi connectivity index (χ3v) is 3.35. The van der Waals surface area contributed by atoms with Gasteiger partial charge in [0.2, 0.25) is 11.6 Å². The number of nitro groups is 2. The molecule has 0 unspecified atom stereocenters. The molecule has 0 spiro atoms. The lowest BCUT2D eigenvalue weighted by Crippen LogP contribution is -2.20. The molecule has 1 aromatic carbocycles. The standard InChI is InChI=1S/C13H11F2N5O6/c1-6-12(20(25)26)11(13(14)15)17-18(6)5-10(22)16-8-4-7(19(23)24)2-3-9(8)21/h2-4,13,21H,5H2,1H3,(H,16,22). The third-order valence-electron chi connectivity index (χ3n) is 3.35. The molecule has 0 saturated heterocycles. The molecule has 0 aliphatic heterocycles. The van der Waals surface area contributed by atoms with E-state index in [1.165, 1.54) is 0 Å². The van der Waals surface area contributed by atoms with Crippen molar-refractivity contribution >= 4 is 23.0 Å². The number of hydrogen-bond acceptors (Lipinski definition) is 7. The molecule has 1 aromatic heterocycles. The molecule has 1 heterocycles. The molecule has 138 valence electrons. The first-order valence-corrected chi connectivity index (χ1v) is 6.89. The van der Waals surface area contributed by atoms with Crippen molar-refractivity contribution < 1.29 is 28.5 Å². The average molecular weight is 371 g/mol. The molecule has 2 rings (SSSR count). The Balaban J connectivity index is 2.26. The number of rotatable bonds is 6. The SMILES string of the molecule is Cc1c([N+](=O)[O-])c(C(F)F)nn1CC(=O)Nc1cc([N+](=O)[O-])ccc1O.